The molecular formula is C33H31N. The lowest BCUT2D eigenvalue weighted by Gasteiger charge is -2.55. The summed E-state index contributed by atoms with van der Waals surface area (Å²) in [7, 11) is 0. The van der Waals surface area contributed by atoms with Gasteiger partial charge in [0.2, 0.25) is 0 Å². The summed E-state index contributed by atoms with van der Waals surface area (Å²) >= 11 is 0. The van der Waals surface area contributed by atoms with Crippen LogP contribution in [0.3, 0.4) is 0 Å². The number of hydrogen-bond acceptors (Lipinski definition) is 1. The summed E-state index contributed by atoms with van der Waals surface area (Å²) in [6.07, 6.45) is 0. The fourth-order valence-corrected chi connectivity index (χ4v) is 6.98. The Morgan fingerprint density at radius 1 is 0.412 bits per heavy atom. The van der Waals surface area contributed by atoms with Gasteiger partial charge >= 0.3 is 0 Å². The zero-order valence-electron chi connectivity index (χ0n) is 21.0. The van der Waals surface area contributed by atoms with E-state index in [0.717, 1.165) is 0 Å². The maximum Gasteiger partial charge on any atom is 0.0544 e. The lowest BCUT2D eigenvalue weighted by Crippen LogP contribution is -2.43. The monoisotopic (exact) mass is 441 g/mol. The predicted molar refractivity (Wildman–Crippen MR) is 143 cm³/mol. The topological polar surface area (TPSA) is 3.24 Å². The van der Waals surface area contributed by atoms with Crippen molar-refractivity contribution in [2.75, 3.05) is 4.90 Å². The van der Waals surface area contributed by atoms with Crippen LogP contribution < -0.4 is 4.90 Å². The molecule has 0 N–H and O–H groups in total. The van der Waals surface area contributed by atoms with Crippen molar-refractivity contribution in [3.8, 4) is 11.1 Å². The minimum absolute atomic E-state index is 0.0433. The molecule has 4 aromatic carbocycles. The molecule has 0 saturated carbocycles. The van der Waals surface area contributed by atoms with Crippen molar-refractivity contribution in [1.29, 1.82) is 0 Å². The largest absolute Gasteiger partial charge is 0.309 e. The minimum Gasteiger partial charge on any atom is -0.309 e. The van der Waals surface area contributed by atoms with Gasteiger partial charge in [0.25, 0.3) is 0 Å². The predicted octanol–water partition coefficient (Wildman–Crippen LogP) is 8.74. The van der Waals surface area contributed by atoms with E-state index in [1.54, 1.807) is 0 Å². The first-order valence-electron chi connectivity index (χ1n) is 12.5. The van der Waals surface area contributed by atoms with Crippen LogP contribution in [0.15, 0.2) is 78.9 Å². The van der Waals surface area contributed by atoms with Gasteiger partial charge in [-0.3, -0.25) is 0 Å². The number of anilines is 3. The Morgan fingerprint density at radius 3 is 1.24 bits per heavy atom. The van der Waals surface area contributed by atoms with Crippen molar-refractivity contribution in [2.45, 2.75) is 57.8 Å². The second-order valence-corrected chi connectivity index (χ2v) is 11.9. The van der Waals surface area contributed by atoms with Gasteiger partial charge in [-0.25, -0.2) is 0 Å². The van der Waals surface area contributed by atoms with Gasteiger partial charge in [-0.2, -0.15) is 0 Å². The highest BCUT2D eigenvalue weighted by Crippen LogP contribution is 2.66. The van der Waals surface area contributed by atoms with Crippen molar-refractivity contribution >= 4 is 17.1 Å². The number of rotatable bonds is 1. The second kappa shape index (κ2) is 6.02. The highest BCUT2D eigenvalue weighted by molar-refractivity contribution is 5.99. The normalized spacial score (nSPS) is 18.9. The molecule has 1 nitrogen and oxygen atoms in total. The van der Waals surface area contributed by atoms with Crippen LogP contribution in [0.25, 0.3) is 11.1 Å². The molecule has 7 rings (SSSR count). The summed E-state index contributed by atoms with van der Waals surface area (Å²) in [4.78, 5) is 2.64. The van der Waals surface area contributed by atoms with Crippen LogP contribution in [0.1, 0.15) is 74.9 Å². The second-order valence-electron chi connectivity index (χ2n) is 11.9. The zero-order valence-corrected chi connectivity index (χ0v) is 21.0. The molecule has 0 spiro atoms. The molecule has 0 amide bonds. The Labute approximate surface area is 203 Å². The van der Waals surface area contributed by atoms with Crippen LogP contribution in [-0.2, 0) is 16.2 Å². The zero-order chi connectivity index (χ0) is 23.6. The van der Waals surface area contributed by atoms with Crippen molar-refractivity contribution in [2.24, 2.45) is 0 Å². The Hall–Kier alpha value is -3.32. The molecule has 3 aliphatic heterocycles. The van der Waals surface area contributed by atoms with Crippen LogP contribution in [0, 0.1) is 0 Å². The molecule has 0 aliphatic carbocycles. The van der Waals surface area contributed by atoms with E-state index < -0.39 is 0 Å². The van der Waals surface area contributed by atoms with Crippen molar-refractivity contribution in [3.63, 3.8) is 0 Å². The molecule has 34 heavy (non-hydrogen) atoms. The molecule has 168 valence electrons. The van der Waals surface area contributed by atoms with Gasteiger partial charge in [0, 0.05) is 16.2 Å². The molecule has 0 unspecified atom stereocenters. The number of benzene rings is 4. The molecule has 4 aromatic rings. The first kappa shape index (κ1) is 20.1. The van der Waals surface area contributed by atoms with E-state index >= 15 is 0 Å². The van der Waals surface area contributed by atoms with Crippen LogP contribution in [0.5, 0.6) is 0 Å². The third-order valence-corrected chi connectivity index (χ3v) is 9.00. The van der Waals surface area contributed by atoms with E-state index in [4.69, 9.17) is 0 Å². The molecule has 0 aromatic heterocycles. The quantitative estimate of drug-likeness (QED) is 0.285. The first-order valence-corrected chi connectivity index (χ1v) is 12.5. The summed E-state index contributed by atoms with van der Waals surface area (Å²) < 4.78 is 0. The molecule has 0 saturated heterocycles. The summed E-state index contributed by atoms with van der Waals surface area (Å²) in [6.45, 7) is 14.5. The fraction of sp³-hybridized carbons (Fsp3) is 0.273. The number of nitrogens with zero attached hydrogens (tertiary/aromatic N) is 1. The van der Waals surface area contributed by atoms with Crippen LogP contribution >= 0.6 is 0 Å². The molecule has 3 aliphatic rings. The van der Waals surface area contributed by atoms with Crippen LogP contribution in [-0.4, -0.2) is 0 Å². The average Bonchev–Trinajstić information content (AvgIpc) is 2.83. The number of hydrogen-bond donors (Lipinski definition) is 0. The van der Waals surface area contributed by atoms with Crippen LogP contribution in [0.4, 0.5) is 17.1 Å². The van der Waals surface area contributed by atoms with Gasteiger partial charge in [0.05, 0.1) is 17.1 Å². The first-order chi connectivity index (χ1) is 16.1. The maximum atomic E-state index is 2.64. The Bertz CT molecular complexity index is 1430. The smallest absolute Gasteiger partial charge is 0.0544 e. The Morgan fingerprint density at radius 2 is 0.794 bits per heavy atom. The average molecular weight is 442 g/mol. The van der Waals surface area contributed by atoms with Gasteiger partial charge in [-0.15, -0.1) is 0 Å². The summed E-state index contributed by atoms with van der Waals surface area (Å²) in [5, 5.41) is 0. The van der Waals surface area contributed by atoms with Gasteiger partial charge in [-0.05, 0) is 56.6 Å². The van der Waals surface area contributed by atoms with Crippen molar-refractivity contribution < 1.29 is 0 Å². The summed E-state index contributed by atoms with van der Waals surface area (Å²) in [6, 6.07) is 29.8. The van der Waals surface area contributed by atoms with E-state index in [-0.39, 0.29) is 16.2 Å². The number of para-hydroxylation sites is 2. The minimum atomic E-state index is -0.0906. The van der Waals surface area contributed by atoms with E-state index in [1.807, 2.05) is 0 Å². The fourth-order valence-electron chi connectivity index (χ4n) is 6.98. The molecule has 3 heterocycles. The lowest BCUT2D eigenvalue weighted by molar-refractivity contribution is 0.567. The van der Waals surface area contributed by atoms with E-state index in [0.29, 0.717) is 0 Å². The van der Waals surface area contributed by atoms with E-state index in [1.165, 1.54) is 61.6 Å². The highest BCUT2D eigenvalue weighted by atomic mass is 15.2. The molecule has 0 radical (unpaired) electrons. The van der Waals surface area contributed by atoms with Crippen molar-refractivity contribution in [3.05, 3.63) is 112 Å². The third-order valence-electron chi connectivity index (χ3n) is 9.00. The summed E-state index contributed by atoms with van der Waals surface area (Å²) in [5.41, 5.74) is 15.2. The molecule has 1 heteroatoms. The summed E-state index contributed by atoms with van der Waals surface area (Å²) in [5.74, 6) is 0. The standard InChI is InChI=1S/C33H31N/c1-31(2)22-14-10-16-24-28(22)34-29-23(31)15-11-17-25(29)33(5,6)27-19-21(20-12-8-7-9-13-20)18-26(30(27)34)32(24,3)4/h7-19H,1-6H3. The van der Waals surface area contributed by atoms with Crippen LogP contribution in [0.2, 0.25) is 0 Å². The lowest BCUT2D eigenvalue weighted by atomic mass is 9.60. The van der Waals surface area contributed by atoms with Gasteiger partial charge in [0.1, 0.15) is 0 Å². The molecule has 0 atom stereocenters. The molecule has 0 bridgehead atoms. The van der Waals surface area contributed by atoms with Crippen molar-refractivity contribution in [1.82, 2.24) is 0 Å². The van der Waals surface area contributed by atoms with Gasteiger partial charge in [-0.1, -0.05) is 108 Å². The van der Waals surface area contributed by atoms with Gasteiger partial charge in [0.15, 0.2) is 0 Å². The SMILES string of the molecule is CC1(C)c2cccc3c2N2c4c1cccc4C(C)(C)c1cc(-c4ccccc4)cc(c12)C3(C)C. The Kier molecular flexibility index (Phi) is 3.56. The Balaban J connectivity index is 1.68. The van der Waals surface area contributed by atoms with E-state index in [9.17, 15) is 0 Å². The highest BCUT2D eigenvalue weighted by Gasteiger charge is 2.51. The maximum absolute atomic E-state index is 2.64. The van der Waals surface area contributed by atoms with E-state index in [2.05, 4.69) is 125 Å². The third kappa shape index (κ3) is 2.17. The molecule has 0 fully saturated rings. The molecular weight excluding hydrogens is 410 g/mol. The van der Waals surface area contributed by atoms with Gasteiger partial charge < -0.3 is 4.90 Å².